The molecule has 2 aliphatic rings. The molecule has 1 aromatic heterocycles. The van der Waals surface area contributed by atoms with Crippen molar-refractivity contribution in [3.05, 3.63) is 65.5 Å². The van der Waals surface area contributed by atoms with Crippen molar-refractivity contribution in [3.63, 3.8) is 0 Å². The number of para-hydroxylation sites is 2. The smallest absolute Gasteiger partial charge is 0.391 e. The van der Waals surface area contributed by atoms with Crippen LogP contribution in [-0.4, -0.2) is 38.8 Å². The lowest BCUT2D eigenvalue weighted by Gasteiger charge is -2.36. The highest BCUT2D eigenvalue weighted by molar-refractivity contribution is 5.76. The SMILES string of the molecule is Cc1nc2ccccc2n1[C@H]1C[C@H]2CN(Cc3ccc(C(F)(F)F)cc3)C[C@H]2C[C@@H]1O. The third kappa shape index (κ3) is 3.85. The summed E-state index contributed by atoms with van der Waals surface area (Å²) in [5.41, 5.74) is 2.28. The molecule has 0 radical (unpaired) electrons. The van der Waals surface area contributed by atoms with Crippen LogP contribution in [0, 0.1) is 18.8 Å². The molecule has 1 aliphatic heterocycles. The number of hydrogen-bond donors (Lipinski definition) is 1. The van der Waals surface area contributed by atoms with Gasteiger partial charge in [0.05, 0.1) is 28.7 Å². The van der Waals surface area contributed by atoms with Crippen LogP contribution >= 0.6 is 0 Å². The van der Waals surface area contributed by atoms with Crippen molar-refractivity contribution >= 4 is 11.0 Å². The summed E-state index contributed by atoms with van der Waals surface area (Å²) in [7, 11) is 0. The van der Waals surface area contributed by atoms with E-state index in [9.17, 15) is 18.3 Å². The maximum absolute atomic E-state index is 12.8. The summed E-state index contributed by atoms with van der Waals surface area (Å²) in [5.74, 6) is 1.79. The fourth-order valence-corrected chi connectivity index (χ4v) is 5.55. The van der Waals surface area contributed by atoms with Crippen molar-refractivity contribution in [3.8, 4) is 0 Å². The first-order valence-corrected chi connectivity index (χ1v) is 10.8. The van der Waals surface area contributed by atoms with Gasteiger partial charge >= 0.3 is 6.18 Å². The summed E-state index contributed by atoms with van der Waals surface area (Å²) < 4.78 is 40.6. The molecular weight excluding hydrogens is 403 g/mol. The number of alkyl halides is 3. The van der Waals surface area contributed by atoms with Crippen molar-refractivity contribution in [1.29, 1.82) is 0 Å². The van der Waals surface area contributed by atoms with E-state index in [1.54, 1.807) is 12.1 Å². The molecule has 0 bridgehead atoms. The van der Waals surface area contributed by atoms with Gasteiger partial charge in [-0.3, -0.25) is 4.90 Å². The molecule has 4 nitrogen and oxygen atoms in total. The van der Waals surface area contributed by atoms with Crippen LogP contribution in [0.3, 0.4) is 0 Å². The lowest BCUT2D eigenvalue weighted by molar-refractivity contribution is -0.137. The predicted molar refractivity (Wildman–Crippen MR) is 112 cm³/mol. The Morgan fingerprint density at radius 3 is 2.39 bits per heavy atom. The highest BCUT2D eigenvalue weighted by Gasteiger charge is 2.43. The van der Waals surface area contributed by atoms with Crippen LogP contribution in [-0.2, 0) is 12.7 Å². The van der Waals surface area contributed by atoms with Crippen molar-refractivity contribution in [2.75, 3.05) is 13.1 Å². The minimum absolute atomic E-state index is 0.000306. The number of aromatic nitrogens is 2. The van der Waals surface area contributed by atoms with Crippen molar-refractivity contribution in [1.82, 2.24) is 14.5 Å². The van der Waals surface area contributed by atoms with E-state index in [2.05, 4.69) is 20.5 Å². The lowest BCUT2D eigenvalue weighted by Crippen LogP contribution is -2.36. The number of fused-ring (bicyclic) bond motifs is 2. The number of benzene rings is 2. The van der Waals surface area contributed by atoms with E-state index in [-0.39, 0.29) is 6.04 Å². The minimum atomic E-state index is -4.30. The van der Waals surface area contributed by atoms with Gasteiger partial charge in [-0.1, -0.05) is 24.3 Å². The average molecular weight is 429 g/mol. The molecule has 5 rings (SSSR count). The van der Waals surface area contributed by atoms with Gasteiger partial charge in [-0.2, -0.15) is 13.2 Å². The largest absolute Gasteiger partial charge is 0.416 e. The van der Waals surface area contributed by atoms with Crippen LogP contribution in [0.15, 0.2) is 48.5 Å². The highest BCUT2D eigenvalue weighted by atomic mass is 19.4. The molecule has 1 saturated carbocycles. The Bertz CT molecular complexity index is 1080. The molecular formula is C24H26F3N3O. The Kier molecular flexibility index (Phi) is 5.06. The molecule has 2 aromatic carbocycles. The van der Waals surface area contributed by atoms with Crippen molar-refractivity contribution in [2.24, 2.45) is 11.8 Å². The Labute approximate surface area is 179 Å². The van der Waals surface area contributed by atoms with Crippen LogP contribution < -0.4 is 0 Å². The summed E-state index contributed by atoms with van der Waals surface area (Å²) in [4.78, 5) is 6.98. The summed E-state index contributed by atoms with van der Waals surface area (Å²) >= 11 is 0. The van der Waals surface area contributed by atoms with E-state index in [1.165, 1.54) is 0 Å². The summed E-state index contributed by atoms with van der Waals surface area (Å²) in [5, 5.41) is 11.0. The number of aryl methyl sites for hydroxylation is 1. The number of halogens is 3. The standard InChI is InChI=1S/C24H26F3N3O/c1-15-28-20-4-2-3-5-21(20)30(15)22-10-17-13-29(14-18(17)11-23(22)31)12-16-6-8-19(9-7-16)24(25,26)27/h2-9,17-18,22-23,31H,10-14H2,1H3/t17-,18+,22-,23-/m0/s1. The minimum Gasteiger partial charge on any atom is -0.391 e. The van der Waals surface area contributed by atoms with E-state index in [1.807, 2.05) is 25.1 Å². The zero-order valence-electron chi connectivity index (χ0n) is 17.4. The predicted octanol–water partition coefficient (Wildman–Crippen LogP) is 4.81. The number of aliphatic hydroxyl groups excluding tert-OH is 1. The molecule has 0 unspecified atom stereocenters. The highest BCUT2D eigenvalue weighted by Crippen LogP contribution is 2.43. The van der Waals surface area contributed by atoms with E-state index in [0.29, 0.717) is 18.4 Å². The first-order valence-electron chi connectivity index (χ1n) is 10.8. The molecule has 31 heavy (non-hydrogen) atoms. The Morgan fingerprint density at radius 2 is 1.68 bits per heavy atom. The quantitative estimate of drug-likeness (QED) is 0.650. The van der Waals surface area contributed by atoms with Crippen molar-refractivity contribution in [2.45, 2.75) is 44.6 Å². The fraction of sp³-hybridized carbons (Fsp3) is 0.458. The first kappa shape index (κ1) is 20.5. The van der Waals surface area contributed by atoms with Gasteiger partial charge in [-0.15, -0.1) is 0 Å². The average Bonchev–Trinajstić information content (AvgIpc) is 3.25. The second-order valence-corrected chi connectivity index (χ2v) is 9.03. The van der Waals surface area contributed by atoms with Crippen molar-refractivity contribution < 1.29 is 18.3 Å². The molecule has 2 heterocycles. The molecule has 7 heteroatoms. The Morgan fingerprint density at radius 1 is 1.00 bits per heavy atom. The molecule has 0 spiro atoms. The van der Waals surface area contributed by atoms with Gasteiger partial charge in [0.1, 0.15) is 5.82 Å². The lowest BCUT2D eigenvalue weighted by atomic mass is 9.77. The number of rotatable bonds is 3. The van der Waals surface area contributed by atoms with Gasteiger partial charge < -0.3 is 9.67 Å². The van der Waals surface area contributed by atoms with Crippen LogP contribution in [0.25, 0.3) is 11.0 Å². The summed E-state index contributed by atoms with van der Waals surface area (Å²) in [6.45, 7) is 4.41. The fourth-order valence-electron chi connectivity index (χ4n) is 5.55. The maximum atomic E-state index is 12.8. The second kappa shape index (κ2) is 7.64. The van der Waals surface area contributed by atoms with Crippen LogP contribution in [0.2, 0.25) is 0 Å². The van der Waals surface area contributed by atoms with Gasteiger partial charge in [0, 0.05) is 19.6 Å². The Hall–Kier alpha value is -2.38. The molecule has 2 fully saturated rings. The number of imidazole rings is 1. The van der Waals surface area contributed by atoms with Gasteiger partial charge in [0.15, 0.2) is 0 Å². The number of nitrogens with zero attached hydrogens (tertiary/aromatic N) is 3. The monoisotopic (exact) mass is 429 g/mol. The normalized spacial score (nSPS) is 27.0. The Balaban J connectivity index is 1.30. The van der Waals surface area contributed by atoms with E-state index in [0.717, 1.165) is 60.5 Å². The van der Waals surface area contributed by atoms with Gasteiger partial charge in [0.2, 0.25) is 0 Å². The second-order valence-electron chi connectivity index (χ2n) is 9.03. The maximum Gasteiger partial charge on any atom is 0.416 e. The van der Waals surface area contributed by atoms with E-state index in [4.69, 9.17) is 0 Å². The summed E-state index contributed by atoms with van der Waals surface area (Å²) in [6.07, 6.45) is -3.10. The zero-order valence-corrected chi connectivity index (χ0v) is 17.4. The van der Waals surface area contributed by atoms with E-state index >= 15 is 0 Å². The van der Waals surface area contributed by atoms with Crippen LogP contribution in [0.1, 0.15) is 35.8 Å². The topological polar surface area (TPSA) is 41.3 Å². The van der Waals surface area contributed by atoms with Crippen LogP contribution in [0.5, 0.6) is 0 Å². The molecule has 1 aliphatic carbocycles. The van der Waals surface area contributed by atoms with E-state index < -0.39 is 17.8 Å². The molecule has 0 amide bonds. The first-order chi connectivity index (χ1) is 14.8. The number of aliphatic hydroxyl groups is 1. The van der Waals surface area contributed by atoms with Gasteiger partial charge in [-0.25, -0.2) is 4.98 Å². The van der Waals surface area contributed by atoms with Gasteiger partial charge in [-0.05, 0) is 61.4 Å². The third-order valence-corrected chi connectivity index (χ3v) is 6.98. The number of likely N-dealkylation sites (tertiary alicyclic amines) is 1. The molecule has 3 aromatic rings. The third-order valence-electron chi connectivity index (χ3n) is 6.98. The molecule has 1 saturated heterocycles. The zero-order chi connectivity index (χ0) is 21.8. The van der Waals surface area contributed by atoms with Crippen LogP contribution in [0.4, 0.5) is 13.2 Å². The molecule has 164 valence electrons. The summed E-state index contributed by atoms with van der Waals surface area (Å²) in [6, 6.07) is 13.5. The van der Waals surface area contributed by atoms with Gasteiger partial charge in [0.25, 0.3) is 0 Å². The number of hydrogen-bond acceptors (Lipinski definition) is 3. The molecule has 1 N–H and O–H groups in total. The molecule has 4 atom stereocenters.